The van der Waals surface area contributed by atoms with Crippen LogP contribution in [0.1, 0.15) is 93.8 Å². The largest absolute Gasteiger partial charge is 0.369 e. The van der Waals surface area contributed by atoms with Gasteiger partial charge in [0, 0.05) is 18.7 Å². The van der Waals surface area contributed by atoms with E-state index in [2.05, 4.69) is 5.32 Å². The van der Waals surface area contributed by atoms with Gasteiger partial charge in [-0.15, -0.1) is 0 Å². The first-order valence-electron chi connectivity index (χ1n) is 15.0. The molecule has 3 aliphatic rings. The lowest BCUT2D eigenvalue weighted by Gasteiger charge is -2.33. The molecule has 6 nitrogen and oxygen atoms in total. The summed E-state index contributed by atoms with van der Waals surface area (Å²) in [5.41, 5.74) is 8.18. The summed E-state index contributed by atoms with van der Waals surface area (Å²) in [5.74, 6) is 1.59. The van der Waals surface area contributed by atoms with Gasteiger partial charge in [0.25, 0.3) is 11.8 Å². The zero-order valence-corrected chi connectivity index (χ0v) is 23.4. The Balaban J connectivity index is 1.21. The first-order chi connectivity index (χ1) is 18.9. The number of aliphatic imine (C=N–C) groups is 1. The molecule has 0 spiro atoms. The van der Waals surface area contributed by atoms with E-state index in [0.29, 0.717) is 17.8 Å². The Morgan fingerprint density at radius 3 is 2.31 bits per heavy atom. The van der Waals surface area contributed by atoms with E-state index >= 15 is 0 Å². The molecule has 6 heteroatoms. The van der Waals surface area contributed by atoms with Crippen LogP contribution in [-0.4, -0.2) is 41.3 Å². The number of nitrogens with zero attached hydrogens (tertiary/aromatic N) is 2. The van der Waals surface area contributed by atoms with Gasteiger partial charge in [-0.2, -0.15) is 0 Å². The van der Waals surface area contributed by atoms with Gasteiger partial charge in [-0.05, 0) is 67.6 Å². The summed E-state index contributed by atoms with van der Waals surface area (Å²) in [6, 6.07) is 18.1. The molecule has 0 radical (unpaired) electrons. The number of nitrogens with two attached hydrogens (primary N) is 1. The third-order valence-electron chi connectivity index (χ3n) is 9.41. The Bertz CT molecular complexity index is 1170. The number of carbonyl (C=O) groups is 2. The topological polar surface area (TPSA) is 87.8 Å². The fraction of sp³-hybridized carbons (Fsp3) is 0.545. The quantitative estimate of drug-likeness (QED) is 0.400. The van der Waals surface area contributed by atoms with Crippen LogP contribution in [0.3, 0.4) is 0 Å². The van der Waals surface area contributed by atoms with Crippen LogP contribution in [0.15, 0.2) is 59.6 Å². The van der Waals surface area contributed by atoms with Crippen molar-refractivity contribution in [3.05, 3.63) is 60.2 Å². The van der Waals surface area contributed by atoms with E-state index < -0.39 is 5.54 Å². The molecule has 5 rings (SSSR count). The van der Waals surface area contributed by atoms with Crippen LogP contribution >= 0.6 is 0 Å². The minimum atomic E-state index is -0.707. The van der Waals surface area contributed by atoms with Gasteiger partial charge >= 0.3 is 0 Å². The molecular weight excluding hydrogens is 484 g/mol. The van der Waals surface area contributed by atoms with Crippen LogP contribution in [-0.2, 0) is 4.79 Å². The van der Waals surface area contributed by atoms with Gasteiger partial charge in [-0.1, -0.05) is 93.5 Å². The number of hydrogen-bond acceptors (Lipinski definition) is 4. The molecular formula is C33H44N4O2. The van der Waals surface area contributed by atoms with Crippen LogP contribution in [0.25, 0.3) is 11.1 Å². The molecule has 2 fully saturated rings. The standard InChI is InChI=1S/C33H44N4O2/c1-37-31(39)33(36-32(37)34,21-19-24-11-4-2-5-12-24)22-20-25-13-10-16-27(23-25)35-30(38)29-18-9-8-17-28(29)26-14-6-3-7-15-26/h3,6-9,14-15,17-18,24-25,27H,2,4-5,10-13,16,19-23H2,1H3,(H2,34,36)(H,35,38)/t25-,27+,33+/m0/s1. The van der Waals surface area contributed by atoms with Crippen LogP contribution in [0.2, 0.25) is 0 Å². The number of benzene rings is 2. The van der Waals surface area contributed by atoms with E-state index in [1.807, 2.05) is 54.6 Å². The molecule has 2 amide bonds. The minimum Gasteiger partial charge on any atom is -0.369 e. The predicted molar refractivity (Wildman–Crippen MR) is 157 cm³/mol. The van der Waals surface area contributed by atoms with E-state index in [1.165, 1.54) is 32.1 Å². The average Bonchev–Trinajstić information content (AvgIpc) is 3.19. The molecule has 0 saturated heterocycles. The molecule has 2 aromatic carbocycles. The maximum atomic E-state index is 13.4. The SMILES string of the molecule is CN1C(=O)[C@@](CCC2CCCCC2)(CC[C@@H]2CCC[C@@H](NC(=O)c3ccccc3-c3ccccc3)C2)N=C1N. The molecule has 2 saturated carbocycles. The van der Waals surface area contributed by atoms with Crippen molar-refractivity contribution < 1.29 is 9.59 Å². The molecule has 0 bridgehead atoms. The second kappa shape index (κ2) is 12.4. The van der Waals surface area contributed by atoms with Crippen molar-refractivity contribution in [3.8, 4) is 11.1 Å². The minimum absolute atomic E-state index is 0.00553. The zero-order valence-electron chi connectivity index (χ0n) is 23.4. The van der Waals surface area contributed by atoms with Crippen LogP contribution in [0.4, 0.5) is 0 Å². The number of nitrogens with one attached hydrogen (secondary N) is 1. The van der Waals surface area contributed by atoms with Gasteiger partial charge in [-0.25, -0.2) is 4.99 Å². The van der Waals surface area contributed by atoms with Crippen molar-refractivity contribution >= 4 is 17.8 Å². The molecule has 0 aromatic heterocycles. The number of guanidine groups is 1. The first kappa shape index (κ1) is 27.4. The highest BCUT2D eigenvalue weighted by Gasteiger charge is 2.46. The number of amides is 2. The van der Waals surface area contributed by atoms with Crippen LogP contribution < -0.4 is 11.1 Å². The highest BCUT2D eigenvalue weighted by molar-refractivity contribution is 6.06. The van der Waals surface area contributed by atoms with Crippen molar-refractivity contribution in [3.63, 3.8) is 0 Å². The highest BCUT2D eigenvalue weighted by atomic mass is 16.2. The lowest BCUT2D eigenvalue weighted by atomic mass is 9.76. The molecule has 208 valence electrons. The van der Waals surface area contributed by atoms with Gasteiger partial charge in [0.1, 0.15) is 5.54 Å². The summed E-state index contributed by atoms with van der Waals surface area (Å²) in [4.78, 5) is 33.1. The van der Waals surface area contributed by atoms with Gasteiger partial charge in [-0.3, -0.25) is 14.5 Å². The predicted octanol–water partition coefficient (Wildman–Crippen LogP) is 6.31. The maximum absolute atomic E-state index is 13.4. The van der Waals surface area contributed by atoms with Gasteiger partial charge in [0.2, 0.25) is 0 Å². The van der Waals surface area contributed by atoms with Crippen molar-refractivity contribution in [1.29, 1.82) is 0 Å². The Hall–Kier alpha value is -3.15. The number of hydrogen-bond donors (Lipinski definition) is 2. The molecule has 3 atom stereocenters. The summed E-state index contributed by atoms with van der Waals surface area (Å²) < 4.78 is 0. The van der Waals surface area contributed by atoms with Gasteiger partial charge in [0.05, 0.1) is 0 Å². The van der Waals surface area contributed by atoms with Crippen molar-refractivity contribution in [2.45, 2.75) is 95.1 Å². The molecule has 2 aliphatic carbocycles. The summed E-state index contributed by atoms with van der Waals surface area (Å²) >= 11 is 0. The van der Waals surface area contributed by atoms with E-state index in [1.54, 1.807) is 11.9 Å². The summed E-state index contributed by atoms with van der Waals surface area (Å²) in [6.07, 6.45) is 14.2. The lowest BCUT2D eigenvalue weighted by Crippen LogP contribution is -2.43. The third kappa shape index (κ3) is 6.37. The van der Waals surface area contributed by atoms with Crippen molar-refractivity contribution in [2.75, 3.05) is 7.05 Å². The molecule has 3 N–H and O–H groups in total. The Labute approximate surface area is 233 Å². The third-order valence-corrected chi connectivity index (χ3v) is 9.41. The molecule has 1 aliphatic heterocycles. The number of rotatable bonds is 9. The van der Waals surface area contributed by atoms with E-state index in [0.717, 1.165) is 68.1 Å². The normalized spacial score (nSPS) is 25.9. The smallest absolute Gasteiger partial charge is 0.257 e. The Morgan fingerprint density at radius 2 is 1.59 bits per heavy atom. The van der Waals surface area contributed by atoms with Gasteiger partial charge in [0.15, 0.2) is 5.96 Å². The van der Waals surface area contributed by atoms with Gasteiger partial charge < -0.3 is 11.1 Å². The molecule has 2 aromatic rings. The van der Waals surface area contributed by atoms with Crippen molar-refractivity contribution in [1.82, 2.24) is 10.2 Å². The van der Waals surface area contributed by atoms with Crippen molar-refractivity contribution in [2.24, 2.45) is 22.6 Å². The fourth-order valence-corrected chi connectivity index (χ4v) is 7.07. The molecule has 1 heterocycles. The van der Waals surface area contributed by atoms with E-state index in [4.69, 9.17) is 10.7 Å². The zero-order chi connectivity index (χ0) is 27.2. The van der Waals surface area contributed by atoms with Crippen LogP contribution in [0, 0.1) is 11.8 Å². The summed E-state index contributed by atoms with van der Waals surface area (Å²) in [5, 5.41) is 3.34. The highest BCUT2D eigenvalue weighted by Crippen LogP contribution is 2.39. The first-order valence-corrected chi connectivity index (χ1v) is 15.0. The summed E-state index contributed by atoms with van der Waals surface area (Å²) in [7, 11) is 1.75. The molecule has 39 heavy (non-hydrogen) atoms. The Kier molecular flexibility index (Phi) is 8.69. The second-order valence-electron chi connectivity index (χ2n) is 12.1. The van der Waals surface area contributed by atoms with E-state index in [9.17, 15) is 9.59 Å². The van der Waals surface area contributed by atoms with Crippen LogP contribution in [0.5, 0.6) is 0 Å². The Morgan fingerprint density at radius 1 is 0.923 bits per heavy atom. The number of carbonyl (C=O) groups excluding carboxylic acids is 2. The fourth-order valence-electron chi connectivity index (χ4n) is 7.07. The lowest BCUT2D eigenvalue weighted by molar-refractivity contribution is -0.131. The maximum Gasteiger partial charge on any atom is 0.257 e. The monoisotopic (exact) mass is 528 g/mol. The average molecular weight is 529 g/mol. The van der Waals surface area contributed by atoms with E-state index in [-0.39, 0.29) is 17.9 Å². The second-order valence-corrected chi connectivity index (χ2v) is 12.1. The molecule has 0 unspecified atom stereocenters. The number of likely N-dealkylation sites (N-methyl/N-ethyl adjacent to an activating group) is 1. The summed E-state index contributed by atoms with van der Waals surface area (Å²) in [6.45, 7) is 0.